The van der Waals surface area contributed by atoms with E-state index in [1.165, 1.54) is 22.3 Å². The van der Waals surface area contributed by atoms with Crippen molar-refractivity contribution >= 4 is 29.9 Å². The summed E-state index contributed by atoms with van der Waals surface area (Å²) < 4.78 is 1.82. The SMILES string of the molecule is CCNC(=NCc1ccccc1-c1ccc(Cn2cncn2)cc1)NCC.I. The highest BCUT2D eigenvalue weighted by Crippen LogP contribution is 2.25. The Morgan fingerprint density at radius 1 is 1.00 bits per heavy atom. The molecule has 0 fully saturated rings. The zero-order valence-electron chi connectivity index (χ0n) is 16.3. The molecule has 148 valence electrons. The number of guanidine groups is 1. The Hall–Kier alpha value is -2.42. The van der Waals surface area contributed by atoms with Crippen LogP contribution in [0.15, 0.2) is 66.2 Å². The fourth-order valence-electron chi connectivity index (χ4n) is 2.90. The van der Waals surface area contributed by atoms with Gasteiger partial charge >= 0.3 is 0 Å². The molecule has 0 radical (unpaired) electrons. The molecule has 0 aliphatic rings. The Labute approximate surface area is 183 Å². The Morgan fingerprint density at radius 2 is 1.71 bits per heavy atom. The molecule has 0 amide bonds. The van der Waals surface area contributed by atoms with Crippen LogP contribution in [0.3, 0.4) is 0 Å². The number of aromatic nitrogens is 3. The van der Waals surface area contributed by atoms with Gasteiger partial charge in [-0.05, 0) is 36.1 Å². The van der Waals surface area contributed by atoms with Crippen molar-refractivity contribution in [1.29, 1.82) is 0 Å². The summed E-state index contributed by atoms with van der Waals surface area (Å²) in [6.07, 6.45) is 3.29. The summed E-state index contributed by atoms with van der Waals surface area (Å²) in [7, 11) is 0. The predicted molar refractivity (Wildman–Crippen MR) is 125 cm³/mol. The second-order valence-electron chi connectivity index (χ2n) is 6.17. The van der Waals surface area contributed by atoms with Gasteiger partial charge in [-0.25, -0.2) is 14.7 Å². The lowest BCUT2D eigenvalue weighted by molar-refractivity contribution is 0.685. The van der Waals surface area contributed by atoms with Gasteiger partial charge in [-0.3, -0.25) is 0 Å². The molecular formula is C21H27IN6. The zero-order chi connectivity index (χ0) is 18.9. The first-order valence-corrected chi connectivity index (χ1v) is 9.32. The van der Waals surface area contributed by atoms with E-state index in [9.17, 15) is 0 Å². The second kappa shape index (κ2) is 11.4. The van der Waals surface area contributed by atoms with Gasteiger partial charge in [0.1, 0.15) is 12.7 Å². The van der Waals surface area contributed by atoms with Crippen LogP contribution in [0.5, 0.6) is 0 Å². The van der Waals surface area contributed by atoms with Crippen LogP contribution in [0.1, 0.15) is 25.0 Å². The van der Waals surface area contributed by atoms with Gasteiger partial charge in [0.05, 0.1) is 13.1 Å². The first kappa shape index (κ1) is 21.9. The van der Waals surface area contributed by atoms with Crippen molar-refractivity contribution in [3.63, 3.8) is 0 Å². The van der Waals surface area contributed by atoms with E-state index in [-0.39, 0.29) is 24.0 Å². The highest BCUT2D eigenvalue weighted by atomic mass is 127. The number of aliphatic imine (C=N–C) groups is 1. The minimum atomic E-state index is 0. The van der Waals surface area contributed by atoms with Crippen LogP contribution in [-0.2, 0) is 13.1 Å². The summed E-state index contributed by atoms with van der Waals surface area (Å²) in [5, 5.41) is 10.7. The normalized spacial score (nSPS) is 10.1. The van der Waals surface area contributed by atoms with Crippen LogP contribution in [0.4, 0.5) is 0 Å². The first-order chi connectivity index (χ1) is 13.3. The van der Waals surface area contributed by atoms with Gasteiger partial charge in [0.25, 0.3) is 0 Å². The van der Waals surface area contributed by atoms with Crippen LogP contribution in [0.2, 0.25) is 0 Å². The third-order valence-electron chi connectivity index (χ3n) is 4.19. The summed E-state index contributed by atoms with van der Waals surface area (Å²) in [6.45, 7) is 7.19. The van der Waals surface area contributed by atoms with Crippen molar-refractivity contribution in [2.75, 3.05) is 13.1 Å². The van der Waals surface area contributed by atoms with Gasteiger partial charge in [0.15, 0.2) is 5.96 Å². The average Bonchev–Trinajstić information content (AvgIpc) is 3.20. The molecule has 0 aliphatic carbocycles. The lowest BCUT2D eigenvalue weighted by Crippen LogP contribution is -2.36. The van der Waals surface area contributed by atoms with E-state index in [0.717, 1.165) is 25.6 Å². The van der Waals surface area contributed by atoms with E-state index in [2.05, 4.69) is 83.1 Å². The van der Waals surface area contributed by atoms with E-state index in [4.69, 9.17) is 4.99 Å². The number of nitrogens with one attached hydrogen (secondary N) is 2. The molecule has 0 bridgehead atoms. The van der Waals surface area contributed by atoms with Crippen molar-refractivity contribution in [1.82, 2.24) is 25.4 Å². The van der Waals surface area contributed by atoms with E-state index >= 15 is 0 Å². The van der Waals surface area contributed by atoms with Gasteiger partial charge in [-0.1, -0.05) is 48.5 Å². The van der Waals surface area contributed by atoms with Crippen molar-refractivity contribution in [2.24, 2.45) is 4.99 Å². The quantitative estimate of drug-likeness (QED) is 0.301. The van der Waals surface area contributed by atoms with Gasteiger partial charge in [0, 0.05) is 13.1 Å². The number of benzene rings is 2. The largest absolute Gasteiger partial charge is 0.357 e. The number of halogens is 1. The first-order valence-electron chi connectivity index (χ1n) is 9.32. The minimum absolute atomic E-state index is 0. The molecule has 0 saturated carbocycles. The molecular weight excluding hydrogens is 463 g/mol. The van der Waals surface area contributed by atoms with Crippen LogP contribution < -0.4 is 10.6 Å². The Bertz CT molecular complexity index is 851. The van der Waals surface area contributed by atoms with Gasteiger partial charge in [-0.2, -0.15) is 5.10 Å². The predicted octanol–water partition coefficient (Wildman–Crippen LogP) is 3.69. The third kappa shape index (κ3) is 6.05. The lowest BCUT2D eigenvalue weighted by atomic mass is 9.98. The zero-order valence-corrected chi connectivity index (χ0v) is 18.6. The second-order valence-corrected chi connectivity index (χ2v) is 6.17. The molecule has 1 heterocycles. The van der Waals surface area contributed by atoms with Crippen LogP contribution in [0.25, 0.3) is 11.1 Å². The monoisotopic (exact) mass is 490 g/mol. The summed E-state index contributed by atoms with van der Waals surface area (Å²) in [5.41, 5.74) is 4.80. The van der Waals surface area contributed by atoms with Crippen molar-refractivity contribution in [3.8, 4) is 11.1 Å². The molecule has 0 saturated heterocycles. The number of hydrogen-bond donors (Lipinski definition) is 2. The maximum atomic E-state index is 4.70. The highest BCUT2D eigenvalue weighted by Gasteiger charge is 2.05. The van der Waals surface area contributed by atoms with Crippen LogP contribution >= 0.6 is 24.0 Å². The Morgan fingerprint density at radius 3 is 2.36 bits per heavy atom. The summed E-state index contributed by atoms with van der Waals surface area (Å²) in [5.74, 6) is 0.845. The van der Waals surface area contributed by atoms with E-state index in [1.807, 2.05) is 4.68 Å². The molecule has 2 N–H and O–H groups in total. The van der Waals surface area contributed by atoms with Gasteiger partial charge in [-0.15, -0.1) is 24.0 Å². The molecule has 28 heavy (non-hydrogen) atoms. The molecule has 0 aliphatic heterocycles. The number of rotatable bonds is 7. The lowest BCUT2D eigenvalue weighted by Gasteiger charge is -2.12. The molecule has 7 heteroatoms. The highest BCUT2D eigenvalue weighted by molar-refractivity contribution is 14.0. The molecule has 2 aromatic carbocycles. The van der Waals surface area contributed by atoms with E-state index in [1.54, 1.807) is 12.7 Å². The molecule has 0 unspecified atom stereocenters. The fourth-order valence-corrected chi connectivity index (χ4v) is 2.90. The summed E-state index contributed by atoms with van der Waals surface area (Å²) >= 11 is 0. The average molecular weight is 490 g/mol. The van der Waals surface area contributed by atoms with Gasteiger partial charge in [0.2, 0.25) is 0 Å². The standard InChI is InChI=1S/C21H26N6.HI/c1-3-23-21(24-4-2)25-13-19-7-5-6-8-20(19)18-11-9-17(10-12-18)14-27-16-22-15-26-27;/h5-12,15-16H,3-4,13-14H2,1-2H3,(H2,23,24,25);1H. The Balaban J connectivity index is 0.00000280. The van der Waals surface area contributed by atoms with Crippen molar-refractivity contribution < 1.29 is 0 Å². The molecule has 0 atom stereocenters. The molecule has 3 rings (SSSR count). The minimum Gasteiger partial charge on any atom is -0.357 e. The van der Waals surface area contributed by atoms with E-state index < -0.39 is 0 Å². The maximum Gasteiger partial charge on any atom is 0.191 e. The van der Waals surface area contributed by atoms with Crippen molar-refractivity contribution in [2.45, 2.75) is 26.9 Å². The molecule has 6 nitrogen and oxygen atoms in total. The van der Waals surface area contributed by atoms with Crippen LogP contribution in [0, 0.1) is 0 Å². The summed E-state index contributed by atoms with van der Waals surface area (Å²) in [6, 6.07) is 17.0. The molecule has 1 aromatic heterocycles. The number of hydrogen-bond acceptors (Lipinski definition) is 3. The Kier molecular flexibility index (Phi) is 8.93. The third-order valence-corrected chi connectivity index (χ3v) is 4.19. The van der Waals surface area contributed by atoms with Crippen LogP contribution in [-0.4, -0.2) is 33.8 Å². The molecule has 0 spiro atoms. The number of nitrogens with zero attached hydrogens (tertiary/aromatic N) is 4. The van der Waals surface area contributed by atoms with Crippen molar-refractivity contribution in [3.05, 3.63) is 72.3 Å². The summed E-state index contributed by atoms with van der Waals surface area (Å²) in [4.78, 5) is 8.69. The van der Waals surface area contributed by atoms with Gasteiger partial charge < -0.3 is 10.6 Å². The maximum absolute atomic E-state index is 4.70. The smallest absolute Gasteiger partial charge is 0.191 e. The van der Waals surface area contributed by atoms with E-state index in [0.29, 0.717) is 6.54 Å². The molecule has 3 aromatic rings. The topological polar surface area (TPSA) is 67.1 Å². The fraction of sp³-hybridized carbons (Fsp3) is 0.286.